The Kier molecular flexibility index (Phi) is 7.62. The zero-order valence-electron chi connectivity index (χ0n) is 14.5. The summed E-state index contributed by atoms with van der Waals surface area (Å²) in [4.78, 5) is 14.4. The van der Waals surface area contributed by atoms with E-state index in [9.17, 15) is 9.90 Å². The zero-order chi connectivity index (χ0) is 18.2. The van der Waals surface area contributed by atoms with Crippen molar-refractivity contribution in [2.24, 2.45) is 5.73 Å². The van der Waals surface area contributed by atoms with Crippen molar-refractivity contribution in [2.75, 3.05) is 19.1 Å². The number of aliphatic hydroxyl groups excluding tert-OH is 1. The Balaban J connectivity index is 2.60. The highest BCUT2D eigenvalue weighted by Crippen LogP contribution is 2.31. The first-order valence-corrected chi connectivity index (χ1v) is 10.5. The molecular formula is C20H23NO2S2. The molecule has 0 spiro atoms. The van der Waals surface area contributed by atoms with Gasteiger partial charge in [0.05, 0.1) is 0 Å². The average Bonchev–Trinajstić information content (AvgIpc) is 2.65. The predicted octanol–water partition coefficient (Wildman–Crippen LogP) is 4.19. The van der Waals surface area contributed by atoms with Gasteiger partial charge in [-0.05, 0) is 66.3 Å². The molecule has 0 radical (unpaired) electrons. The molecule has 0 aliphatic carbocycles. The topological polar surface area (TPSA) is 63.3 Å². The highest BCUT2D eigenvalue weighted by molar-refractivity contribution is 7.98. The van der Waals surface area contributed by atoms with E-state index in [2.05, 4.69) is 0 Å². The first-order valence-electron chi connectivity index (χ1n) is 8.03. The Morgan fingerprint density at radius 2 is 1.36 bits per heavy atom. The van der Waals surface area contributed by atoms with Gasteiger partial charge in [0.25, 0.3) is 0 Å². The smallest absolute Gasteiger partial charge is 0.245 e. The molecule has 0 bridgehead atoms. The van der Waals surface area contributed by atoms with Gasteiger partial charge in [-0.2, -0.15) is 0 Å². The zero-order valence-corrected chi connectivity index (χ0v) is 16.1. The number of nitrogens with two attached hydrogens (primary N) is 1. The molecule has 25 heavy (non-hydrogen) atoms. The fourth-order valence-electron chi connectivity index (χ4n) is 2.66. The van der Waals surface area contributed by atoms with Crippen LogP contribution in [0.4, 0.5) is 0 Å². The van der Waals surface area contributed by atoms with E-state index in [0.717, 1.165) is 26.5 Å². The lowest BCUT2D eigenvalue weighted by Crippen LogP contribution is -2.16. The average molecular weight is 374 g/mol. The van der Waals surface area contributed by atoms with Gasteiger partial charge in [-0.3, -0.25) is 4.79 Å². The second kappa shape index (κ2) is 9.70. The summed E-state index contributed by atoms with van der Waals surface area (Å²) in [5, 5.41) is 9.18. The van der Waals surface area contributed by atoms with Crippen LogP contribution in [-0.4, -0.2) is 30.1 Å². The third-order valence-electron chi connectivity index (χ3n) is 3.94. The van der Waals surface area contributed by atoms with Gasteiger partial charge in [-0.25, -0.2) is 0 Å². The van der Waals surface area contributed by atoms with Crippen LogP contribution in [0.15, 0.2) is 63.9 Å². The van der Waals surface area contributed by atoms with Crippen LogP contribution in [0, 0.1) is 0 Å². The minimum Gasteiger partial charge on any atom is -0.396 e. The number of primary amides is 1. The number of rotatable bonds is 8. The Morgan fingerprint density at radius 1 is 0.920 bits per heavy atom. The summed E-state index contributed by atoms with van der Waals surface area (Å²) in [7, 11) is 0. The van der Waals surface area contributed by atoms with Crippen molar-refractivity contribution in [3.05, 3.63) is 65.2 Å². The van der Waals surface area contributed by atoms with Crippen LogP contribution in [0.5, 0.6) is 0 Å². The molecular weight excluding hydrogens is 350 g/mol. The van der Waals surface area contributed by atoms with E-state index in [1.165, 1.54) is 0 Å². The maximum atomic E-state index is 12.1. The van der Waals surface area contributed by atoms with Crippen molar-refractivity contribution in [1.29, 1.82) is 0 Å². The van der Waals surface area contributed by atoms with Gasteiger partial charge in [0, 0.05) is 22.0 Å². The summed E-state index contributed by atoms with van der Waals surface area (Å²) in [6.07, 6.45) is 5.02. The number of thioether (sulfide) groups is 2. The van der Waals surface area contributed by atoms with E-state index < -0.39 is 5.91 Å². The fraction of sp³-hybridized carbons (Fsp3) is 0.250. The standard InChI is InChI=1S/C20H23NO2S2/c1-24-16-9-5-14(6-10-16)19(18(20(21)23)4-3-13-22)15-7-11-17(25-2)12-8-15/h5-12,22H,3-4,13H2,1-2H3,(H2,21,23). The molecule has 5 heteroatoms. The van der Waals surface area contributed by atoms with Crippen molar-refractivity contribution in [2.45, 2.75) is 22.6 Å². The normalized spacial score (nSPS) is 10.5. The maximum Gasteiger partial charge on any atom is 0.245 e. The molecule has 2 rings (SSSR count). The fourth-order valence-corrected chi connectivity index (χ4v) is 3.47. The lowest BCUT2D eigenvalue weighted by atomic mass is 9.90. The van der Waals surface area contributed by atoms with Crippen LogP contribution >= 0.6 is 23.5 Å². The molecule has 0 aromatic heterocycles. The van der Waals surface area contributed by atoms with Gasteiger partial charge in [0.2, 0.25) is 5.91 Å². The van der Waals surface area contributed by atoms with E-state index >= 15 is 0 Å². The minimum atomic E-state index is -0.439. The molecule has 0 saturated heterocycles. The largest absolute Gasteiger partial charge is 0.396 e. The molecule has 132 valence electrons. The van der Waals surface area contributed by atoms with Crippen LogP contribution in [0.2, 0.25) is 0 Å². The molecule has 2 aromatic carbocycles. The van der Waals surface area contributed by atoms with E-state index in [1.54, 1.807) is 23.5 Å². The quantitative estimate of drug-likeness (QED) is 0.538. The number of amides is 1. The van der Waals surface area contributed by atoms with Gasteiger partial charge < -0.3 is 10.8 Å². The Hall–Kier alpha value is -1.69. The van der Waals surface area contributed by atoms with Gasteiger partial charge in [-0.1, -0.05) is 24.3 Å². The number of aliphatic hydroxyl groups is 1. The van der Waals surface area contributed by atoms with Crippen LogP contribution in [0.3, 0.4) is 0 Å². The minimum absolute atomic E-state index is 0.0287. The summed E-state index contributed by atoms with van der Waals surface area (Å²) in [5.41, 5.74) is 9.00. The van der Waals surface area contributed by atoms with Gasteiger partial charge in [0.1, 0.15) is 0 Å². The van der Waals surface area contributed by atoms with Gasteiger partial charge in [0.15, 0.2) is 0 Å². The predicted molar refractivity (Wildman–Crippen MR) is 108 cm³/mol. The molecule has 0 fully saturated rings. The van der Waals surface area contributed by atoms with Crippen LogP contribution in [0.25, 0.3) is 5.57 Å². The SMILES string of the molecule is CSc1ccc(C(=C(CCCO)C(N)=O)c2ccc(SC)cc2)cc1. The molecule has 0 heterocycles. The Morgan fingerprint density at radius 3 is 1.68 bits per heavy atom. The first kappa shape index (κ1) is 19.6. The van der Waals surface area contributed by atoms with Crippen molar-refractivity contribution >= 4 is 35.0 Å². The second-order valence-corrected chi connectivity index (χ2v) is 7.26. The molecule has 0 atom stereocenters. The van der Waals surface area contributed by atoms with Crippen LogP contribution in [-0.2, 0) is 4.79 Å². The molecule has 3 nitrogen and oxygen atoms in total. The summed E-state index contributed by atoms with van der Waals surface area (Å²) < 4.78 is 0. The maximum absolute atomic E-state index is 12.1. The second-order valence-electron chi connectivity index (χ2n) is 5.50. The van der Waals surface area contributed by atoms with E-state index in [-0.39, 0.29) is 6.61 Å². The third-order valence-corrected chi connectivity index (χ3v) is 5.43. The summed E-state index contributed by atoms with van der Waals surface area (Å²) >= 11 is 3.35. The monoisotopic (exact) mass is 373 g/mol. The lowest BCUT2D eigenvalue weighted by Gasteiger charge is -2.15. The molecule has 0 aliphatic rings. The van der Waals surface area contributed by atoms with Crippen molar-refractivity contribution in [3.8, 4) is 0 Å². The van der Waals surface area contributed by atoms with E-state index in [0.29, 0.717) is 18.4 Å². The summed E-state index contributed by atoms with van der Waals surface area (Å²) in [6.45, 7) is 0.0287. The molecule has 3 N–H and O–H groups in total. The van der Waals surface area contributed by atoms with Crippen LogP contribution in [0.1, 0.15) is 24.0 Å². The molecule has 0 saturated carbocycles. The summed E-state index contributed by atoms with van der Waals surface area (Å²) in [6, 6.07) is 16.2. The van der Waals surface area contributed by atoms with Gasteiger partial charge >= 0.3 is 0 Å². The van der Waals surface area contributed by atoms with Gasteiger partial charge in [-0.15, -0.1) is 23.5 Å². The van der Waals surface area contributed by atoms with E-state index in [1.807, 2.05) is 61.0 Å². The highest BCUT2D eigenvalue weighted by Gasteiger charge is 2.16. The number of benzene rings is 2. The van der Waals surface area contributed by atoms with Crippen molar-refractivity contribution in [3.63, 3.8) is 0 Å². The van der Waals surface area contributed by atoms with Crippen molar-refractivity contribution in [1.82, 2.24) is 0 Å². The molecule has 2 aromatic rings. The van der Waals surface area contributed by atoms with E-state index in [4.69, 9.17) is 5.73 Å². The first-order chi connectivity index (χ1) is 12.1. The molecule has 0 aliphatic heterocycles. The lowest BCUT2D eigenvalue weighted by molar-refractivity contribution is -0.114. The Labute approximate surface area is 157 Å². The number of hydrogen-bond acceptors (Lipinski definition) is 4. The molecule has 1 amide bonds. The number of hydrogen-bond donors (Lipinski definition) is 2. The highest BCUT2D eigenvalue weighted by atomic mass is 32.2. The number of carbonyl (C=O) groups is 1. The number of carbonyl (C=O) groups excluding carboxylic acids is 1. The third kappa shape index (κ3) is 5.14. The summed E-state index contributed by atoms with van der Waals surface area (Å²) in [5.74, 6) is -0.439. The Bertz CT molecular complexity index is 688. The van der Waals surface area contributed by atoms with Crippen molar-refractivity contribution < 1.29 is 9.90 Å². The molecule has 0 unspecified atom stereocenters. The van der Waals surface area contributed by atoms with Crippen LogP contribution < -0.4 is 5.73 Å².